The molecule has 3 fully saturated rings. The van der Waals surface area contributed by atoms with Crippen molar-refractivity contribution in [1.82, 2.24) is 9.80 Å². The van der Waals surface area contributed by atoms with E-state index < -0.39 is 29.4 Å². The van der Waals surface area contributed by atoms with Crippen molar-refractivity contribution in [2.75, 3.05) is 32.7 Å². The molecule has 2 aliphatic heterocycles. The minimum absolute atomic E-state index is 0.0572. The summed E-state index contributed by atoms with van der Waals surface area (Å²) < 4.78 is 70.7. The van der Waals surface area contributed by atoms with Gasteiger partial charge in [-0.3, -0.25) is 4.79 Å². The number of piperidine rings is 2. The highest BCUT2D eigenvalue weighted by atomic mass is 19.4. The maximum absolute atomic E-state index is 15.1. The second-order valence-corrected chi connectivity index (χ2v) is 13.3. The Morgan fingerprint density at radius 1 is 0.977 bits per heavy atom. The van der Waals surface area contributed by atoms with Crippen LogP contribution in [0.25, 0.3) is 11.1 Å². The van der Waals surface area contributed by atoms with E-state index in [0.717, 1.165) is 25.7 Å². The van der Waals surface area contributed by atoms with E-state index >= 15 is 4.39 Å². The third kappa shape index (κ3) is 7.42. The van der Waals surface area contributed by atoms with Crippen LogP contribution in [-0.4, -0.2) is 65.8 Å². The van der Waals surface area contributed by atoms with Crippen molar-refractivity contribution >= 4 is 5.91 Å². The van der Waals surface area contributed by atoms with Gasteiger partial charge in [0.2, 0.25) is 0 Å². The van der Waals surface area contributed by atoms with Gasteiger partial charge in [0.05, 0.1) is 17.1 Å². The molecule has 0 spiro atoms. The second-order valence-electron chi connectivity index (χ2n) is 13.3. The minimum atomic E-state index is -4.12. The monoisotopic (exact) mass is 606 g/mol. The zero-order valence-corrected chi connectivity index (χ0v) is 24.9. The Labute approximate surface area is 251 Å². The largest absolute Gasteiger partial charge is 0.395 e. The number of likely N-dealkylation sites (tertiary alicyclic amines) is 2. The molecule has 1 N–H and O–H groups in total. The number of aryl methyl sites for hydroxylation is 1. The average molecular weight is 607 g/mol. The molecule has 43 heavy (non-hydrogen) atoms. The first-order valence-corrected chi connectivity index (χ1v) is 15.8. The molecule has 2 saturated heterocycles. The van der Waals surface area contributed by atoms with Crippen LogP contribution in [0.3, 0.4) is 0 Å². The van der Waals surface area contributed by atoms with Gasteiger partial charge in [-0.25, -0.2) is 8.78 Å². The van der Waals surface area contributed by atoms with Crippen molar-refractivity contribution in [2.24, 2.45) is 17.3 Å². The molecule has 3 aliphatic rings. The Morgan fingerprint density at radius 3 is 2.23 bits per heavy atom. The Hall–Kier alpha value is -2.52. The summed E-state index contributed by atoms with van der Waals surface area (Å²) in [7, 11) is 0. The molecule has 0 bridgehead atoms. The first-order valence-electron chi connectivity index (χ1n) is 15.8. The van der Waals surface area contributed by atoms with Gasteiger partial charge in [0.25, 0.3) is 5.91 Å². The smallest absolute Gasteiger partial charge is 0.391 e. The summed E-state index contributed by atoms with van der Waals surface area (Å²) in [6.45, 7) is 4.38. The first kappa shape index (κ1) is 31.9. The summed E-state index contributed by atoms with van der Waals surface area (Å²) >= 11 is 0. The summed E-state index contributed by atoms with van der Waals surface area (Å²) in [6.07, 6.45) is 1.92. The molecule has 5 rings (SSSR count). The van der Waals surface area contributed by atoms with Gasteiger partial charge in [0.1, 0.15) is 11.6 Å². The minimum Gasteiger partial charge on any atom is -0.391 e. The Morgan fingerprint density at radius 2 is 1.65 bits per heavy atom. The Balaban J connectivity index is 1.10. The summed E-state index contributed by atoms with van der Waals surface area (Å²) in [5, 5.41) is 9.84. The molecule has 9 heteroatoms. The number of β-amino-alcohol motifs (C(OH)–C–C–N with tert-alkyl or cyclic N) is 1. The fourth-order valence-corrected chi connectivity index (χ4v) is 7.14. The number of hydrogen-bond donors (Lipinski definition) is 1. The van der Waals surface area contributed by atoms with E-state index in [1.165, 1.54) is 23.1 Å². The van der Waals surface area contributed by atoms with Crippen molar-refractivity contribution in [2.45, 2.75) is 83.4 Å². The van der Waals surface area contributed by atoms with Gasteiger partial charge >= 0.3 is 6.18 Å². The fourth-order valence-electron chi connectivity index (χ4n) is 7.14. The number of carbonyl (C=O) groups excluding carboxylic acids is 1. The highest BCUT2D eigenvalue weighted by Gasteiger charge is 2.58. The van der Waals surface area contributed by atoms with Crippen molar-refractivity contribution in [3.05, 3.63) is 59.2 Å². The van der Waals surface area contributed by atoms with Gasteiger partial charge in [0, 0.05) is 19.6 Å². The zero-order chi connectivity index (χ0) is 30.8. The fraction of sp³-hybridized carbons (Fsp3) is 0.618. The number of halogens is 5. The molecule has 1 saturated carbocycles. The molecular weight excluding hydrogens is 563 g/mol. The van der Waals surface area contributed by atoms with Crippen LogP contribution >= 0.6 is 0 Å². The lowest BCUT2D eigenvalue weighted by atomic mass is 9.67. The molecule has 1 amide bonds. The van der Waals surface area contributed by atoms with E-state index in [2.05, 4.69) is 6.92 Å². The zero-order valence-electron chi connectivity index (χ0n) is 24.9. The number of aliphatic hydroxyl groups excluding tert-OH is 1. The molecule has 2 aromatic carbocycles. The maximum Gasteiger partial charge on any atom is 0.395 e. The van der Waals surface area contributed by atoms with Crippen molar-refractivity contribution in [3.8, 4) is 11.1 Å². The standard InChI is InChI=1S/C34H43F5N2O2/c1-23(18-24-11-16-40(17-12-24)22-33(13-3-14-33)34(37,38)39)5-6-25-7-8-26(19-30(25)35)27-9-10-29(31(36)20-27)32(43)41-15-2-4-28(42)21-41/h7-10,19-20,23-24,28,42H,2-6,11-18,21-22H2,1H3. The van der Waals surface area contributed by atoms with Crippen LogP contribution in [0.5, 0.6) is 0 Å². The number of amides is 1. The van der Waals surface area contributed by atoms with Crippen LogP contribution in [0.1, 0.15) is 80.6 Å². The van der Waals surface area contributed by atoms with Crippen LogP contribution in [0, 0.1) is 28.9 Å². The van der Waals surface area contributed by atoms with Crippen LogP contribution in [0.2, 0.25) is 0 Å². The van der Waals surface area contributed by atoms with Crippen LogP contribution in [0.4, 0.5) is 22.0 Å². The van der Waals surface area contributed by atoms with Gasteiger partial charge < -0.3 is 14.9 Å². The van der Waals surface area contributed by atoms with Crippen molar-refractivity contribution < 1.29 is 31.9 Å². The van der Waals surface area contributed by atoms with E-state index in [4.69, 9.17) is 0 Å². The number of alkyl halides is 3. The molecule has 1 aliphatic carbocycles. The Kier molecular flexibility index (Phi) is 9.81. The average Bonchev–Trinajstić information content (AvgIpc) is 2.94. The SMILES string of the molecule is CC(CCc1ccc(-c2ccc(C(=O)N3CCCC(O)C3)c(F)c2)cc1F)CC1CCN(CC2(C(F)(F)F)CCC2)CC1. The van der Waals surface area contributed by atoms with E-state index in [1.54, 1.807) is 18.2 Å². The Bertz CT molecular complexity index is 1270. The van der Waals surface area contributed by atoms with Crippen molar-refractivity contribution in [1.29, 1.82) is 0 Å². The van der Waals surface area contributed by atoms with Gasteiger partial charge in [-0.05, 0) is 118 Å². The second kappa shape index (κ2) is 13.2. The summed E-state index contributed by atoms with van der Waals surface area (Å²) in [5.41, 5.74) is 0.0528. The van der Waals surface area contributed by atoms with E-state index in [-0.39, 0.29) is 37.3 Å². The number of hydrogen-bond acceptors (Lipinski definition) is 3. The molecular formula is C34H43F5N2O2. The van der Waals surface area contributed by atoms with Gasteiger partial charge in [-0.1, -0.05) is 31.5 Å². The lowest BCUT2D eigenvalue weighted by molar-refractivity contribution is -0.256. The molecule has 0 radical (unpaired) electrons. The predicted octanol–water partition coefficient (Wildman–Crippen LogP) is 7.63. The van der Waals surface area contributed by atoms with Crippen LogP contribution in [-0.2, 0) is 6.42 Å². The van der Waals surface area contributed by atoms with Crippen molar-refractivity contribution in [3.63, 3.8) is 0 Å². The lowest BCUT2D eigenvalue weighted by Gasteiger charge is -2.47. The van der Waals surface area contributed by atoms with E-state index in [9.17, 15) is 27.5 Å². The normalized spacial score (nSPS) is 22.3. The van der Waals surface area contributed by atoms with Gasteiger partial charge in [0.15, 0.2) is 0 Å². The summed E-state index contributed by atoms with van der Waals surface area (Å²) in [4.78, 5) is 16.2. The molecule has 0 aromatic heterocycles. The molecule has 4 nitrogen and oxygen atoms in total. The third-order valence-electron chi connectivity index (χ3n) is 10.1. The molecule has 2 heterocycles. The van der Waals surface area contributed by atoms with E-state index in [1.807, 2.05) is 4.90 Å². The number of nitrogens with zero attached hydrogens (tertiary/aromatic N) is 2. The molecule has 236 valence electrons. The van der Waals surface area contributed by atoms with Crippen LogP contribution in [0.15, 0.2) is 36.4 Å². The number of rotatable bonds is 9. The van der Waals surface area contributed by atoms with Crippen LogP contribution < -0.4 is 0 Å². The van der Waals surface area contributed by atoms with Gasteiger partial charge in [-0.15, -0.1) is 0 Å². The highest BCUT2D eigenvalue weighted by molar-refractivity contribution is 5.95. The summed E-state index contributed by atoms with van der Waals surface area (Å²) in [6, 6.07) is 9.21. The molecule has 2 unspecified atom stereocenters. The maximum atomic E-state index is 15.1. The number of carbonyl (C=O) groups is 1. The quantitative estimate of drug-likeness (QED) is 0.299. The lowest BCUT2D eigenvalue weighted by Crippen LogP contribution is -2.53. The number of aliphatic hydroxyl groups is 1. The predicted molar refractivity (Wildman–Crippen MR) is 157 cm³/mol. The molecule has 2 atom stereocenters. The number of benzene rings is 2. The van der Waals surface area contributed by atoms with E-state index in [0.29, 0.717) is 73.8 Å². The highest BCUT2D eigenvalue weighted by Crippen LogP contribution is 2.53. The molecule has 2 aromatic rings. The van der Waals surface area contributed by atoms with Gasteiger partial charge in [-0.2, -0.15) is 13.2 Å². The summed E-state index contributed by atoms with van der Waals surface area (Å²) in [5.74, 6) is -0.632. The first-order chi connectivity index (χ1) is 20.4. The third-order valence-corrected chi connectivity index (χ3v) is 10.1. The topological polar surface area (TPSA) is 43.8 Å².